The summed E-state index contributed by atoms with van der Waals surface area (Å²) in [6.07, 6.45) is -0.216. The van der Waals surface area contributed by atoms with Gasteiger partial charge in [0.1, 0.15) is 11.6 Å². The van der Waals surface area contributed by atoms with Crippen molar-refractivity contribution in [1.29, 1.82) is 0 Å². The first-order valence-electron chi connectivity index (χ1n) is 13.8. The summed E-state index contributed by atoms with van der Waals surface area (Å²) in [5.41, 5.74) is 2.51. The molecule has 3 aromatic carbocycles. The molecule has 3 unspecified atom stereocenters. The van der Waals surface area contributed by atoms with Crippen LogP contribution in [-0.2, 0) is 19.1 Å². The van der Waals surface area contributed by atoms with Crippen LogP contribution in [0.3, 0.4) is 0 Å². The maximum atomic E-state index is 14.5. The van der Waals surface area contributed by atoms with E-state index in [-0.39, 0.29) is 16.6 Å². The molecule has 3 amide bonds. The van der Waals surface area contributed by atoms with Crippen molar-refractivity contribution in [3.05, 3.63) is 95.6 Å². The van der Waals surface area contributed by atoms with Crippen molar-refractivity contribution in [2.75, 3.05) is 17.2 Å². The fourth-order valence-corrected chi connectivity index (χ4v) is 7.92. The number of aliphatic hydroxyl groups is 1. The topological polar surface area (TPSA) is 108 Å². The summed E-state index contributed by atoms with van der Waals surface area (Å²) in [5, 5.41) is 16.7. The molecule has 3 fully saturated rings. The molecule has 6 rings (SSSR count). The molecule has 0 radical (unpaired) electrons. The summed E-state index contributed by atoms with van der Waals surface area (Å²) in [5.74, 6) is -2.82. The van der Waals surface area contributed by atoms with Crippen LogP contribution < -0.4 is 10.6 Å². The number of ether oxygens (including phenoxy) is 1. The van der Waals surface area contributed by atoms with Gasteiger partial charge in [0.15, 0.2) is 0 Å². The average molecular weight is 619 g/mol. The van der Waals surface area contributed by atoms with Gasteiger partial charge in [-0.2, -0.15) is 0 Å². The Morgan fingerprint density at radius 1 is 0.976 bits per heavy atom. The first kappa shape index (κ1) is 27.6. The van der Waals surface area contributed by atoms with Crippen molar-refractivity contribution in [2.24, 2.45) is 11.8 Å². The van der Waals surface area contributed by atoms with E-state index in [0.717, 1.165) is 11.1 Å². The Hall–Kier alpha value is -3.53. The van der Waals surface area contributed by atoms with Crippen LogP contribution in [0.15, 0.2) is 78.9 Å². The molecule has 3 N–H and O–H groups in total. The Kier molecular flexibility index (Phi) is 7.21. The Morgan fingerprint density at radius 3 is 2.24 bits per heavy atom. The third kappa shape index (κ3) is 4.47. The maximum Gasteiger partial charge on any atom is 0.250 e. The number of hydrogen-bond acceptors (Lipinski definition) is 5. The molecule has 212 valence electrons. The number of alkyl halides is 1. The number of aliphatic hydroxyl groups excluding tert-OH is 1. The molecule has 3 aromatic rings. The van der Waals surface area contributed by atoms with Gasteiger partial charge in [0.05, 0.1) is 30.6 Å². The molecule has 3 aliphatic rings. The van der Waals surface area contributed by atoms with Crippen LogP contribution >= 0.6 is 15.9 Å². The first-order chi connectivity index (χ1) is 19.8. The molecule has 0 aliphatic carbocycles. The molecule has 8 nitrogen and oxygen atoms in total. The second kappa shape index (κ2) is 10.7. The fraction of sp³-hybridized carbons (Fsp3) is 0.344. The van der Waals surface area contributed by atoms with Gasteiger partial charge in [-0.25, -0.2) is 0 Å². The van der Waals surface area contributed by atoms with Crippen LogP contribution in [0, 0.1) is 25.7 Å². The largest absolute Gasteiger partial charge is 0.394 e. The van der Waals surface area contributed by atoms with Crippen LogP contribution in [0.5, 0.6) is 0 Å². The van der Waals surface area contributed by atoms with Gasteiger partial charge < -0.3 is 25.4 Å². The Morgan fingerprint density at radius 2 is 1.61 bits per heavy atom. The molecule has 3 aliphatic heterocycles. The number of likely N-dealkylation sites (tertiary alicyclic amines) is 1. The lowest BCUT2D eigenvalue weighted by Crippen LogP contribution is -2.55. The van der Waals surface area contributed by atoms with Crippen molar-refractivity contribution in [3.63, 3.8) is 0 Å². The van der Waals surface area contributed by atoms with E-state index in [1.54, 1.807) is 12.1 Å². The molecule has 2 bridgehead atoms. The van der Waals surface area contributed by atoms with Gasteiger partial charge in [0, 0.05) is 16.2 Å². The zero-order chi connectivity index (χ0) is 28.9. The average Bonchev–Trinajstić information content (AvgIpc) is 3.56. The Bertz CT molecular complexity index is 1460. The number of carbonyl (C=O) groups is 3. The lowest BCUT2D eigenvalue weighted by atomic mass is 9.70. The quantitative estimate of drug-likeness (QED) is 0.341. The summed E-state index contributed by atoms with van der Waals surface area (Å²) in [6, 6.07) is 22.1. The Labute approximate surface area is 247 Å². The van der Waals surface area contributed by atoms with Crippen LogP contribution in [0.1, 0.15) is 29.2 Å². The number of fused-ring (bicyclic) bond motifs is 1. The highest BCUT2D eigenvalue weighted by Crippen LogP contribution is 2.61. The number of amides is 3. The third-order valence-electron chi connectivity index (χ3n) is 8.74. The number of carbonyl (C=O) groups excluding carboxylic acids is 3. The summed E-state index contributed by atoms with van der Waals surface area (Å²) in [7, 11) is 0. The number of hydrogen-bond donors (Lipinski definition) is 3. The molecule has 1 spiro atoms. The highest BCUT2D eigenvalue weighted by atomic mass is 79.9. The van der Waals surface area contributed by atoms with Gasteiger partial charge in [-0.1, -0.05) is 82.7 Å². The third-order valence-corrected chi connectivity index (χ3v) is 9.59. The minimum absolute atomic E-state index is 0.238. The van der Waals surface area contributed by atoms with E-state index in [9.17, 15) is 19.5 Å². The molecular formula is C32H32BrN3O5. The van der Waals surface area contributed by atoms with E-state index in [1.807, 2.05) is 80.6 Å². The highest BCUT2D eigenvalue weighted by molar-refractivity contribution is 9.09. The van der Waals surface area contributed by atoms with E-state index >= 15 is 0 Å². The van der Waals surface area contributed by atoms with E-state index in [2.05, 4.69) is 26.6 Å². The summed E-state index contributed by atoms with van der Waals surface area (Å²) >= 11 is 3.71. The van der Waals surface area contributed by atoms with E-state index < -0.39 is 48.1 Å². The zero-order valence-electron chi connectivity index (χ0n) is 22.8. The summed E-state index contributed by atoms with van der Waals surface area (Å²) in [6.45, 7) is 3.43. The maximum absolute atomic E-state index is 14.5. The Balaban J connectivity index is 1.44. The summed E-state index contributed by atoms with van der Waals surface area (Å²) in [4.78, 5) is 43.8. The molecule has 0 aromatic heterocycles. The number of anilines is 2. The van der Waals surface area contributed by atoms with Crippen molar-refractivity contribution < 1.29 is 24.2 Å². The minimum Gasteiger partial charge on any atom is -0.394 e. The predicted molar refractivity (Wildman–Crippen MR) is 158 cm³/mol. The van der Waals surface area contributed by atoms with Crippen molar-refractivity contribution in [3.8, 4) is 0 Å². The number of aryl methyl sites for hydroxylation is 2. The molecule has 3 heterocycles. The SMILES string of the molecule is Cc1cccc(C)c1NC(=O)C1N([C@H](CO)c2ccccc2)C(=O)[C@@H]2[C@@H](C(=O)Nc3ccccc3)[C@@H]3OC12CC3Br. The molecular weight excluding hydrogens is 586 g/mol. The number of benzene rings is 3. The number of rotatable bonds is 7. The number of para-hydroxylation sites is 2. The second-order valence-electron chi connectivity index (χ2n) is 11.1. The van der Waals surface area contributed by atoms with E-state index in [1.165, 1.54) is 4.90 Å². The standard InChI is InChI=1S/C32H32BrN3O5/c1-18-10-9-11-19(2)26(18)35-30(39)28-32-16-22(33)27(41-32)24(29(38)34-21-14-7-4-8-15-21)25(32)31(40)36(28)23(17-37)20-12-5-3-6-13-20/h3-15,22-25,27-28,37H,16-17H2,1-2H3,(H,34,38)(H,35,39)/t22?,23-,24-,25+,27-,28?,32?/m1/s1. The molecule has 7 atom stereocenters. The van der Waals surface area contributed by atoms with Gasteiger partial charge in [-0.3, -0.25) is 14.4 Å². The molecule has 3 saturated heterocycles. The molecule has 9 heteroatoms. The van der Waals surface area contributed by atoms with Gasteiger partial charge >= 0.3 is 0 Å². The van der Waals surface area contributed by atoms with Crippen LogP contribution in [0.2, 0.25) is 0 Å². The van der Waals surface area contributed by atoms with Gasteiger partial charge in [0.2, 0.25) is 17.7 Å². The van der Waals surface area contributed by atoms with Crippen LogP contribution in [-0.4, -0.2) is 56.9 Å². The van der Waals surface area contributed by atoms with E-state index in [4.69, 9.17) is 4.74 Å². The zero-order valence-corrected chi connectivity index (χ0v) is 24.4. The lowest BCUT2D eigenvalue weighted by molar-refractivity contribution is -0.143. The monoisotopic (exact) mass is 617 g/mol. The van der Waals surface area contributed by atoms with Crippen molar-refractivity contribution >= 4 is 45.0 Å². The normalized spacial score (nSPS) is 28.8. The van der Waals surface area contributed by atoms with Crippen LogP contribution in [0.4, 0.5) is 11.4 Å². The van der Waals surface area contributed by atoms with Gasteiger partial charge in [0.25, 0.3) is 0 Å². The lowest BCUT2D eigenvalue weighted by Gasteiger charge is -2.37. The first-order valence-corrected chi connectivity index (χ1v) is 14.7. The number of halogens is 1. The molecule has 41 heavy (non-hydrogen) atoms. The number of nitrogens with zero attached hydrogens (tertiary/aromatic N) is 1. The van der Waals surface area contributed by atoms with Gasteiger partial charge in [-0.05, 0) is 49.1 Å². The van der Waals surface area contributed by atoms with Gasteiger partial charge in [-0.15, -0.1) is 0 Å². The number of nitrogens with one attached hydrogen (secondary N) is 2. The smallest absolute Gasteiger partial charge is 0.250 e. The fourth-order valence-electron chi connectivity index (χ4n) is 6.98. The van der Waals surface area contributed by atoms with Crippen molar-refractivity contribution in [2.45, 2.75) is 48.9 Å². The summed E-state index contributed by atoms with van der Waals surface area (Å²) < 4.78 is 6.62. The second-order valence-corrected chi connectivity index (χ2v) is 12.3. The molecule has 0 saturated carbocycles. The van der Waals surface area contributed by atoms with Crippen LogP contribution in [0.25, 0.3) is 0 Å². The highest BCUT2D eigenvalue weighted by Gasteiger charge is 2.77. The van der Waals surface area contributed by atoms with Crippen molar-refractivity contribution in [1.82, 2.24) is 4.90 Å². The minimum atomic E-state index is -1.25. The predicted octanol–water partition coefficient (Wildman–Crippen LogP) is 4.36. The van der Waals surface area contributed by atoms with E-state index in [0.29, 0.717) is 23.4 Å².